The molecule has 7 nitrogen and oxygen atoms in total. The van der Waals surface area contributed by atoms with Crippen molar-refractivity contribution in [3.63, 3.8) is 0 Å². The topological polar surface area (TPSA) is 95.4 Å². The number of fused-ring (bicyclic) bond motifs is 1. The van der Waals surface area contributed by atoms with Gasteiger partial charge in [-0.2, -0.15) is 0 Å². The molecule has 2 aromatic heterocycles. The molecule has 29 heavy (non-hydrogen) atoms. The summed E-state index contributed by atoms with van der Waals surface area (Å²) >= 11 is 0. The number of aldehydes is 1. The summed E-state index contributed by atoms with van der Waals surface area (Å²) in [7, 11) is 0. The summed E-state index contributed by atoms with van der Waals surface area (Å²) in [5, 5.41) is 11.8. The van der Waals surface area contributed by atoms with Gasteiger partial charge in [-0.05, 0) is 37.6 Å². The monoisotopic (exact) mass is 388 g/mol. The fourth-order valence-corrected chi connectivity index (χ4v) is 3.50. The van der Waals surface area contributed by atoms with E-state index in [1.54, 1.807) is 43.3 Å². The van der Waals surface area contributed by atoms with Crippen LogP contribution >= 0.6 is 0 Å². The first kappa shape index (κ1) is 18.4. The van der Waals surface area contributed by atoms with Gasteiger partial charge in [-0.1, -0.05) is 24.3 Å². The fraction of sp³-hybridized carbons (Fsp3) is 0.0909. The molecule has 0 aliphatic heterocycles. The van der Waals surface area contributed by atoms with Crippen LogP contribution in [-0.2, 0) is 0 Å². The first-order chi connectivity index (χ1) is 13.9. The van der Waals surface area contributed by atoms with Crippen LogP contribution in [0, 0.1) is 24.0 Å². The quantitative estimate of drug-likeness (QED) is 0.281. The Bertz CT molecular complexity index is 1300. The number of carbonyl (C=O) groups is 2. The third kappa shape index (κ3) is 2.93. The van der Waals surface area contributed by atoms with Gasteiger partial charge in [0.05, 0.1) is 10.4 Å². The SMILES string of the molecule is Cc1ccc([N+](=O)[O-])cc1-c1ccc(C(=O)n2c(C)c(C=O)c3ccccc32)o1. The van der Waals surface area contributed by atoms with Crippen LogP contribution in [0.2, 0.25) is 0 Å². The van der Waals surface area contributed by atoms with E-state index in [1.165, 1.54) is 22.8 Å². The number of nitrogens with zero attached hydrogens (tertiary/aromatic N) is 2. The van der Waals surface area contributed by atoms with Crippen LogP contribution in [0.1, 0.15) is 32.2 Å². The fourth-order valence-electron chi connectivity index (χ4n) is 3.50. The van der Waals surface area contributed by atoms with Gasteiger partial charge in [0.15, 0.2) is 12.0 Å². The number of nitro groups is 1. The molecule has 0 N–H and O–H groups in total. The number of non-ortho nitro benzene ring substituents is 1. The molecule has 0 aliphatic carbocycles. The molecule has 0 aliphatic rings. The summed E-state index contributed by atoms with van der Waals surface area (Å²) in [6.45, 7) is 3.51. The minimum absolute atomic E-state index is 0.0576. The molecule has 0 unspecified atom stereocenters. The lowest BCUT2D eigenvalue weighted by Crippen LogP contribution is -2.12. The highest BCUT2D eigenvalue weighted by molar-refractivity contribution is 6.07. The van der Waals surface area contributed by atoms with Gasteiger partial charge in [0.25, 0.3) is 11.6 Å². The average molecular weight is 388 g/mol. The molecule has 2 heterocycles. The number of aryl methyl sites for hydroxylation is 1. The zero-order chi connectivity index (χ0) is 20.7. The molecular weight excluding hydrogens is 372 g/mol. The lowest BCUT2D eigenvalue weighted by molar-refractivity contribution is -0.384. The standard InChI is InChI=1S/C22H16N2O5/c1-13-7-8-15(24(27)28)11-17(13)20-9-10-21(29-20)22(26)23-14(2)18(12-25)16-5-3-4-6-19(16)23/h3-12H,1-2H3. The maximum Gasteiger partial charge on any atom is 0.298 e. The van der Waals surface area contributed by atoms with Crippen molar-refractivity contribution in [3.8, 4) is 11.3 Å². The number of hydrogen-bond acceptors (Lipinski definition) is 5. The number of para-hydroxylation sites is 1. The van der Waals surface area contributed by atoms with Gasteiger partial charge >= 0.3 is 0 Å². The van der Waals surface area contributed by atoms with Crippen LogP contribution in [0.4, 0.5) is 5.69 Å². The lowest BCUT2D eigenvalue weighted by Gasteiger charge is -2.05. The Morgan fingerprint density at radius 3 is 2.59 bits per heavy atom. The highest BCUT2D eigenvalue weighted by Gasteiger charge is 2.22. The predicted molar refractivity (Wildman–Crippen MR) is 107 cm³/mol. The number of nitro benzene ring substituents is 1. The molecule has 4 rings (SSSR count). The first-order valence-electron chi connectivity index (χ1n) is 8.87. The van der Waals surface area contributed by atoms with Crippen LogP contribution in [0.25, 0.3) is 22.2 Å². The maximum absolute atomic E-state index is 13.2. The molecule has 0 spiro atoms. The van der Waals surface area contributed by atoms with Crippen LogP contribution < -0.4 is 0 Å². The number of rotatable bonds is 4. The molecule has 0 bridgehead atoms. The first-order valence-corrected chi connectivity index (χ1v) is 8.87. The lowest BCUT2D eigenvalue weighted by atomic mass is 10.1. The summed E-state index contributed by atoms with van der Waals surface area (Å²) in [4.78, 5) is 35.3. The third-order valence-electron chi connectivity index (χ3n) is 5.00. The smallest absolute Gasteiger partial charge is 0.298 e. The summed E-state index contributed by atoms with van der Waals surface area (Å²) in [5.74, 6) is 0.0209. The van der Waals surface area contributed by atoms with Crippen molar-refractivity contribution in [3.05, 3.63) is 87.3 Å². The Hall–Kier alpha value is -4.00. The number of hydrogen-bond donors (Lipinski definition) is 0. The predicted octanol–water partition coefficient (Wildman–Crippen LogP) is 4.93. The molecule has 4 aromatic rings. The summed E-state index contributed by atoms with van der Waals surface area (Å²) < 4.78 is 7.21. The molecule has 0 fully saturated rings. The van der Waals surface area contributed by atoms with Gasteiger partial charge in [-0.3, -0.25) is 24.3 Å². The Morgan fingerprint density at radius 1 is 1.10 bits per heavy atom. The Kier molecular flexibility index (Phi) is 4.35. The summed E-state index contributed by atoms with van der Waals surface area (Å²) in [5.41, 5.74) is 2.86. The van der Waals surface area contributed by atoms with Crippen LogP contribution in [0.15, 0.2) is 59.0 Å². The minimum atomic E-state index is -0.478. The number of aromatic nitrogens is 1. The van der Waals surface area contributed by atoms with Gasteiger partial charge in [0, 0.05) is 34.3 Å². The molecule has 2 aromatic carbocycles. The van der Waals surface area contributed by atoms with Crippen LogP contribution in [0.3, 0.4) is 0 Å². The van der Waals surface area contributed by atoms with Crippen LogP contribution in [-0.4, -0.2) is 21.7 Å². The van der Waals surface area contributed by atoms with E-state index in [2.05, 4.69) is 0 Å². The zero-order valence-corrected chi connectivity index (χ0v) is 15.7. The normalized spacial score (nSPS) is 11.0. The highest BCUT2D eigenvalue weighted by atomic mass is 16.6. The maximum atomic E-state index is 13.2. The molecule has 144 valence electrons. The molecule has 0 saturated carbocycles. The zero-order valence-electron chi connectivity index (χ0n) is 15.7. The number of carbonyl (C=O) groups excluding carboxylic acids is 2. The van der Waals surface area contributed by atoms with Crippen molar-refractivity contribution in [1.82, 2.24) is 4.57 Å². The van der Waals surface area contributed by atoms with Crippen LogP contribution in [0.5, 0.6) is 0 Å². The van der Waals surface area contributed by atoms with E-state index >= 15 is 0 Å². The van der Waals surface area contributed by atoms with E-state index in [-0.39, 0.29) is 11.4 Å². The Balaban J connectivity index is 1.81. The minimum Gasteiger partial charge on any atom is -0.451 e. The molecule has 0 saturated heterocycles. The van der Waals surface area contributed by atoms with E-state index in [1.807, 2.05) is 6.92 Å². The second-order valence-electron chi connectivity index (χ2n) is 6.69. The van der Waals surface area contributed by atoms with E-state index in [0.717, 1.165) is 11.8 Å². The largest absolute Gasteiger partial charge is 0.451 e. The Morgan fingerprint density at radius 2 is 1.86 bits per heavy atom. The summed E-state index contributed by atoms with van der Waals surface area (Å²) in [6.07, 6.45) is 0.738. The molecule has 0 radical (unpaired) electrons. The van der Waals surface area contributed by atoms with E-state index in [0.29, 0.717) is 33.5 Å². The van der Waals surface area contributed by atoms with E-state index in [4.69, 9.17) is 4.42 Å². The van der Waals surface area contributed by atoms with Crippen molar-refractivity contribution in [2.75, 3.05) is 0 Å². The number of furan rings is 1. The molecule has 0 atom stereocenters. The van der Waals surface area contributed by atoms with Gasteiger partial charge in [-0.25, -0.2) is 0 Å². The van der Waals surface area contributed by atoms with Crippen molar-refractivity contribution in [2.45, 2.75) is 13.8 Å². The second-order valence-corrected chi connectivity index (χ2v) is 6.69. The summed E-state index contributed by atoms with van der Waals surface area (Å²) in [6, 6.07) is 14.8. The second kappa shape index (κ2) is 6.87. The van der Waals surface area contributed by atoms with Gasteiger partial charge in [0.2, 0.25) is 0 Å². The third-order valence-corrected chi connectivity index (χ3v) is 5.00. The van der Waals surface area contributed by atoms with Crippen molar-refractivity contribution < 1.29 is 18.9 Å². The molecule has 7 heteroatoms. The average Bonchev–Trinajstić information content (AvgIpc) is 3.30. The van der Waals surface area contributed by atoms with Gasteiger partial charge in [0.1, 0.15) is 5.76 Å². The van der Waals surface area contributed by atoms with Gasteiger partial charge in [-0.15, -0.1) is 0 Å². The van der Waals surface area contributed by atoms with Crippen molar-refractivity contribution in [1.29, 1.82) is 0 Å². The molecular formula is C22H16N2O5. The van der Waals surface area contributed by atoms with Gasteiger partial charge < -0.3 is 4.42 Å². The highest BCUT2D eigenvalue weighted by Crippen LogP contribution is 2.31. The molecule has 0 amide bonds. The van der Waals surface area contributed by atoms with Crippen molar-refractivity contribution >= 4 is 28.8 Å². The Labute approximate surface area is 165 Å². The van der Waals surface area contributed by atoms with E-state index in [9.17, 15) is 19.7 Å². The number of benzene rings is 2. The van der Waals surface area contributed by atoms with Crippen molar-refractivity contribution in [2.24, 2.45) is 0 Å². The van der Waals surface area contributed by atoms with E-state index < -0.39 is 10.8 Å².